The second-order valence-electron chi connectivity index (χ2n) is 3.85. The molecule has 0 spiro atoms. The molecule has 0 saturated heterocycles. The summed E-state index contributed by atoms with van der Waals surface area (Å²) in [5.74, 6) is 0. The van der Waals surface area contributed by atoms with Crippen molar-refractivity contribution in [3.05, 3.63) is 12.2 Å². The molecule has 0 aromatic carbocycles. The number of hydrogen-bond donors (Lipinski definition) is 0. The minimum atomic E-state index is -2.60. The van der Waals surface area contributed by atoms with Gasteiger partial charge in [-0.3, -0.25) is 0 Å². The predicted molar refractivity (Wildman–Crippen MR) is 86.2 cm³/mol. The molecule has 0 radical (unpaired) electrons. The van der Waals surface area contributed by atoms with Gasteiger partial charge in [0.2, 0.25) is 0 Å². The molecule has 0 aliphatic heterocycles. The van der Waals surface area contributed by atoms with Gasteiger partial charge in [-0.25, -0.2) is 0 Å². The molecule has 0 N–H and O–H groups in total. The zero-order valence-corrected chi connectivity index (χ0v) is 15.7. The highest BCUT2D eigenvalue weighted by Crippen LogP contribution is 2.25. The molecule has 0 bridgehead atoms. The molecule has 0 unspecified atom stereocenters. The van der Waals surface area contributed by atoms with Crippen molar-refractivity contribution in [1.82, 2.24) is 0 Å². The lowest BCUT2D eigenvalue weighted by atomic mass is 10.5. The minimum absolute atomic E-state index is 0.530. The zero-order valence-electron chi connectivity index (χ0n) is 10.7. The third-order valence-electron chi connectivity index (χ3n) is 1.91. The van der Waals surface area contributed by atoms with Gasteiger partial charge in [-0.15, -0.1) is 44.3 Å². The molecule has 18 heavy (non-hydrogen) atoms. The lowest BCUT2D eigenvalue weighted by molar-refractivity contribution is 0.325. The molecule has 2 nitrogen and oxygen atoms in total. The van der Waals surface area contributed by atoms with E-state index in [0.717, 1.165) is 12.8 Å². The van der Waals surface area contributed by atoms with Gasteiger partial charge in [-0.05, 0) is 12.8 Å². The maximum Gasteiger partial charge on any atom is 0.393 e. The van der Waals surface area contributed by atoms with Gasteiger partial charge in [0.1, 0.15) is 0 Å². The Balaban J connectivity index is 3.94. The van der Waals surface area contributed by atoms with E-state index in [1.165, 1.54) is 0 Å². The van der Waals surface area contributed by atoms with Crippen molar-refractivity contribution < 1.29 is 8.85 Å². The van der Waals surface area contributed by atoms with Crippen LogP contribution in [0.3, 0.4) is 0 Å². The van der Waals surface area contributed by atoms with Crippen molar-refractivity contribution in [2.24, 2.45) is 0 Å². The predicted octanol–water partition coefficient (Wildman–Crippen LogP) is 5.23. The molecule has 0 aromatic heterocycles. The van der Waals surface area contributed by atoms with E-state index in [0.29, 0.717) is 25.3 Å². The second-order valence-corrected chi connectivity index (χ2v) is 16.3. The summed E-state index contributed by atoms with van der Waals surface area (Å²) in [6.07, 6.45) is 5.57. The van der Waals surface area contributed by atoms with Crippen LogP contribution in [0.15, 0.2) is 12.2 Å². The largest absolute Gasteiger partial charge is 0.393 e. The maximum atomic E-state index is 6.09. The molecule has 0 atom stereocenters. The van der Waals surface area contributed by atoms with E-state index in [-0.39, 0.29) is 0 Å². The molecule has 0 fully saturated rings. The number of hydrogen-bond acceptors (Lipinski definition) is 2. The van der Waals surface area contributed by atoms with E-state index in [2.05, 4.69) is 0 Å². The highest BCUT2D eigenvalue weighted by Gasteiger charge is 2.30. The summed E-state index contributed by atoms with van der Waals surface area (Å²) in [6.45, 7) is 0.0154. The van der Waals surface area contributed by atoms with Crippen LogP contribution in [-0.2, 0) is 8.85 Å². The Bertz CT molecular complexity index is 226. The van der Waals surface area contributed by atoms with Crippen molar-refractivity contribution in [2.45, 2.75) is 38.8 Å². The topological polar surface area (TPSA) is 18.5 Å². The SMILES string of the molecule is CCCO[Si](Cl)(Cl)C/C=C/C[Si](Cl)(Cl)OCCC. The fourth-order valence-corrected chi connectivity index (χ4v) is 5.18. The molecule has 0 aliphatic carbocycles. The Hall–Kier alpha value is 1.25. The number of allylic oxidation sites excluding steroid dienone is 2. The van der Waals surface area contributed by atoms with E-state index in [1.54, 1.807) is 0 Å². The maximum absolute atomic E-state index is 6.09. The van der Waals surface area contributed by atoms with E-state index in [1.807, 2.05) is 26.0 Å². The number of rotatable bonds is 10. The molecule has 0 aromatic rings. The van der Waals surface area contributed by atoms with Crippen molar-refractivity contribution >= 4 is 58.2 Å². The molecular weight excluding hydrogens is 350 g/mol. The zero-order chi connectivity index (χ0) is 14.1. The smallest absolute Gasteiger partial charge is 0.392 e. The van der Waals surface area contributed by atoms with Gasteiger partial charge in [0, 0.05) is 25.3 Å². The molecule has 0 saturated carbocycles. The fraction of sp³-hybridized carbons (Fsp3) is 0.800. The van der Waals surface area contributed by atoms with Gasteiger partial charge in [-0.1, -0.05) is 26.0 Å². The molecule has 0 amide bonds. The van der Waals surface area contributed by atoms with Gasteiger partial charge < -0.3 is 8.85 Å². The van der Waals surface area contributed by atoms with Crippen LogP contribution in [0.4, 0.5) is 0 Å². The Morgan fingerprint density at radius 3 is 1.39 bits per heavy atom. The van der Waals surface area contributed by atoms with Crippen LogP contribution in [0.1, 0.15) is 26.7 Å². The molecular formula is C10H20Cl4O2Si2. The van der Waals surface area contributed by atoms with Gasteiger partial charge in [0.15, 0.2) is 0 Å². The summed E-state index contributed by atoms with van der Waals surface area (Å²) in [7, 11) is 0. The van der Waals surface area contributed by atoms with Gasteiger partial charge in [0.05, 0.1) is 0 Å². The van der Waals surface area contributed by atoms with Crippen molar-refractivity contribution in [3.8, 4) is 0 Å². The first kappa shape index (κ1) is 19.3. The Morgan fingerprint density at radius 1 is 0.778 bits per heavy atom. The number of halogens is 4. The summed E-state index contributed by atoms with van der Waals surface area (Å²) < 4.78 is 10.8. The lowest BCUT2D eigenvalue weighted by Crippen LogP contribution is -2.25. The molecule has 0 rings (SSSR count). The van der Waals surface area contributed by atoms with E-state index < -0.39 is 13.9 Å². The average molecular weight is 370 g/mol. The van der Waals surface area contributed by atoms with E-state index in [9.17, 15) is 0 Å². The summed E-state index contributed by atoms with van der Waals surface area (Å²) >= 11 is 24.4. The lowest BCUT2D eigenvalue weighted by Gasteiger charge is -2.16. The molecule has 0 aliphatic rings. The Labute approximate surface area is 131 Å². The second kappa shape index (κ2) is 10.0. The van der Waals surface area contributed by atoms with Crippen LogP contribution in [0.2, 0.25) is 12.1 Å². The van der Waals surface area contributed by atoms with Crippen LogP contribution in [-0.4, -0.2) is 27.1 Å². The fourth-order valence-electron chi connectivity index (χ4n) is 1.06. The normalized spacial score (nSPS) is 13.4. The standard InChI is InChI=1S/C10H20Cl4O2Si2/c1-3-7-15-17(11,12)9-5-6-10-18(13,14)16-8-4-2/h5-6H,3-4,7-10H2,1-2H3/b6-5+. The first-order valence-corrected chi connectivity index (χ1v) is 14.3. The molecule has 108 valence electrons. The highest BCUT2D eigenvalue weighted by atomic mass is 35.7. The van der Waals surface area contributed by atoms with Crippen LogP contribution < -0.4 is 0 Å². The summed E-state index contributed by atoms with van der Waals surface area (Å²) in [6, 6.07) is 1.06. The summed E-state index contributed by atoms with van der Waals surface area (Å²) in [5, 5.41) is 0. The minimum Gasteiger partial charge on any atom is -0.392 e. The first-order chi connectivity index (χ1) is 8.33. The van der Waals surface area contributed by atoms with Crippen molar-refractivity contribution in [2.75, 3.05) is 13.2 Å². The third-order valence-corrected chi connectivity index (χ3v) is 7.75. The van der Waals surface area contributed by atoms with Gasteiger partial charge in [0.25, 0.3) is 0 Å². The summed E-state index contributed by atoms with van der Waals surface area (Å²) in [4.78, 5) is 0. The van der Waals surface area contributed by atoms with E-state index in [4.69, 9.17) is 53.2 Å². The van der Waals surface area contributed by atoms with E-state index >= 15 is 0 Å². The van der Waals surface area contributed by atoms with Crippen LogP contribution in [0.25, 0.3) is 0 Å². The Kier molecular flexibility index (Phi) is 10.7. The Morgan fingerprint density at radius 2 is 1.11 bits per heavy atom. The quantitative estimate of drug-likeness (QED) is 0.298. The molecule has 0 heterocycles. The van der Waals surface area contributed by atoms with Crippen molar-refractivity contribution in [1.29, 1.82) is 0 Å². The third kappa shape index (κ3) is 11.1. The van der Waals surface area contributed by atoms with Gasteiger partial charge in [-0.2, -0.15) is 0 Å². The first-order valence-electron chi connectivity index (χ1n) is 6.01. The monoisotopic (exact) mass is 368 g/mol. The summed E-state index contributed by atoms with van der Waals surface area (Å²) in [5.41, 5.74) is 0. The van der Waals surface area contributed by atoms with Crippen molar-refractivity contribution in [3.63, 3.8) is 0 Å². The molecule has 8 heteroatoms. The average Bonchev–Trinajstić information content (AvgIpc) is 2.30. The van der Waals surface area contributed by atoms with Crippen LogP contribution in [0.5, 0.6) is 0 Å². The highest BCUT2D eigenvalue weighted by molar-refractivity contribution is 7.43. The van der Waals surface area contributed by atoms with Crippen LogP contribution in [0, 0.1) is 0 Å². The van der Waals surface area contributed by atoms with Gasteiger partial charge >= 0.3 is 13.9 Å². The van der Waals surface area contributed by atoms with Crippen LogP contribution >= 0.6 is 44.3 Å².